The number of nitrogens with two attached hydrogens (primary N) is 1. The Labute approximate surface area is 117 Å². The Balaban J connectivity index is 1.99. The lowest BCUT2D eigenvalue weighted by molar-refractivity contribution is 0.482. The van der Waals surface area contributed by atoms with Crippen molar-refractivity contribution >= 4 is 22.1 Å². The zero-order chi connectivity index (χ0) is 14.1. The summed E-state index contributed by atoms with van der Waals surface area (Å²) in [5.74, 6) is 1.88. The molecule has 3 aromatic rings. The molecule has 0 fully saturated rings. The number of pyridine rings is 1. The highest BCUT2D eigenvalue weighted by atomic mass is 16.3. The summed E-state index contributed by atoms with van der Waals surface area (Å²) in [6, 6.07) is 9.93. The Morgan fingerprint density at radius 3 is 2.75 bits per heavy atom. The molecule has 2 N–H and O–H groups in total. The molecule has 0 saturated carbocycles. The van der Waals surface area contributed by atoms with Gasteiger partial charge in [-0.15, -0.1) is 0 Å². The van der Waals surface area contributed by atoms with E-state index in [1.807, 2.05) is 44.3 Å². The van der Waals surface area contributed by atoms with Gasteiger partial charge in [0.25, 0.3) is 0 Å². The van der Waals surface area contributed by atoms with Gasteiger partial charge in [0, 0.05) is 41.6 Å². The van der Waals surface area contributed by atoms with E-state index in [0.29, 0.717) is 0 Å². The first-order chi connectivity index (χ1) is 9.65. The van der Waals surface area contributed by atoms with Gasteiger partial charge in [0.05, 0.1) is 6.54 Å². The van der Waals surface area contributed by atoms with Crippen LogP contribution < -0.4 is 10.6 Å². The molecule has 2 aromatic heterocycles. The first-order valence-corrected chi connectivity index (χ1v) is 6.54. The summed E-state index contributed by atoms with van der Waals surface area (Å²) in [4.78, 5) is 6.30. The average Bonchev–Trinajstić information content (AvgIpc) is 2.84. The van der Waals surface area contributed by atoms with Gasteiger partial charge in [0.15, 0.2) is 0 Å². The lowest BCUT2D eigenvalue weighted by Crippen LogP contribution is -2.16. The summed E-state index contributed by atoms with van der Waals surface area (Å²) in [7, 11) is 2.04. The summed E-state index contributed by atoms with van der Waals surface area (Å²) < 4.78 is 5.63. The maximum Gasteiger partial charge on any atom is 0.123 e. The van der Waals surface area contributed by atoms with Crippen molar-refractivity contribution in [2.75, 3.05) is 17.7 Å². The molecule has 0 unspecified atom stereocenters. The minimum absolute atomic E-state index is 0.717. The molecular weight excluding hydrogens is 250 g/mol. The van der Waals surface area contributed by atoms with E-state index in [0.717, 1.165) is 40.2 Å². The molecule has 0 amide bonds. The van der Waals surface area contributed by atoms with Crippen LogP contribution >= 0.6 is 0 Å². The first kappa shape index (κ1) is 12.5. The molecule has 20 heavy (non-hydrogen) atoms. The maximum atomic E-state index is 6.00. The molecular formula is C16H17N3O. The Morgan fingerprint density at radius 2 is 2.00 bits per heavy atom. The van der Waals surface area contributed by atoms with E-state index in [1.165, 1.54) is 0 Å². The van der Waals surface area contributed by atoms with Crippen LogP contribution in [0.3, 0.4) is 0 Å². The van der Waals surface area contributed by atoms with Crippen LogP contribution in [0, 0.1) is 6.92 Å². The number of rotatable bonds is 3. The molecule has 3 rings (SSSR count). The Kier molecular flexibility index (Phi) is 3.06. The lowest BCUT2D eigenvalue weighted by atomic mass is 10.1. The molecule has 0 aliphatic heterocycles. The van der Waals surface area contributed by atoms with Crippen molar-refractivity contribution in [2.24, 2.45) is 0 Å². The van der Waals surface area contributed by atoms with Crippen LogP contribution in [0.15, 0.2) is 47.1 Å². The molecule has 1 aromatic carbocycles. The van der Waals surface area contributed by atoms with Gasteiger partial charge in [-0.3, -0.25) is 4.98 Å². The van der Waals surface area contributed by atoms with Crippen LogP contribution in [0.2, 0.25) is 0 Å². The molecule has 0 aliphatic carbocycles. The van der Waals surface area contributed by atoms with Crippen LogP contribution in [0.5, 0.6) is 0 Å². The SMILES string of the molecule is Cc1ccc(CN(C)c2ccc(N)c3cnccc23)o1. The summed E-state index contributed by atoms with van der Waals surface area (Å²) in [6.45, 7) is 2.67. The largest absolute Gasteiger partial charge is 0.464 e. The van der Waals surface area contributed by atoms with Gasteiger partial charge in [-0.05, 0) is 37.3 Å². The zero-order valence-corrected chi connectivity index (χ0v) is 11.6. The molecule has 0 bridgehead atoms. The third kappa shape index (κ3) is 2.20. The van der Waals surface area contributed by atoms with Gasteiger partial charge in [-0.2, -0.15) is 0 Å². The smallest absolute Gasteiger partial charge is 0.123 e. The molecule has 0 aliphatic rings. The number of furan rings is 1. The van der Waals surface area contributed by atoms with E-state index in [-0.39, 0.29) is 0 Å². The summed E-state index contributed by atoms with van der Waals surface area (Å²) >= 11 is 0. The van der Waals surface area contributed by atoms with Gasteiger partial charge in [-0.25, -0.2) is 0 Å². The third-order valence-corrected chi connectivity index (χ3v) is 3.43. The Hall–Kier alpha value is -2.49. The summed E-state index contributed by atoms with van der Waals surface area (Å²) in [5, 5.41) is 2.08. The van der Waals surface area contributed by atoms with Gasteiger partial charge in [0.2, 0.25) is 0 Å². The molecule has 2 heterocycles. The van der Waals surface area contributed by atoms with Crippen LogP contribution in [0.25, 0.3) is 10.8 Å². The van der Waals surface area contributed by atoms with E-state index < -0.39 is 0 Å². The standard InChI is InChI=1S/C16H17N3O/c1-11-3-4-12(20-11)10-19(2)16-6-5-15(17)14-9-18-8-7-13(14)16/h3-9H,10,17H2,1-2H3. The van der Waals surface area contributed by atoms with Crippen LogP contribution in [0.1, 0.15) is 11.5 Å². The number of hydrogen-bond donors (Lipinski definition) is 1. The van der Waals surface area contributed by atoms with Crippen molar-refractivity contribution in [3.8, 4) is 0 Å². The summed E-state index contributed by atoms with van der Waals surface area (Å²) in [6.07, 6.45) is 3.59. The minimum atomic E-state index is 0.717. The van der Waals surface area contributed by atoms with E-state index in [4.69, 9.17) is 10.2 Å². The molecule has 0 spiro atoms. The van der Waals surface area contributed by atoms with Gasteiger partial charge >= 0.3 is 0 Å². The normalized spacial score (nSPS) is 10.9. The molecule has 0 atom stereocenters. The minimum Gasteiger partial charge on any atom is -0.464 e. The number of aryl methyl sites for hydroxylation is 1. The second kappa shape index (κ2) is 4.89. The van der Waals surface area contributed by atoms with E-state index in [9.17, 15) is 0 Å². The highest BCUT2D eigenvalue weighted by molar-refractivity contribution is 6.00. The van der Waals surface area contributed by atoms with E-state index in [2.05, 4.69) is 9.88 Å². The molecule has 0 radical (unpaired) electrons. The average molecular weight is 267 g/mol. The summed E-state index contributed by atoms with van der Waals surface area (Å²) in [5.41, 5.74) is 7.87. The highest BCUT2D eigenvalue weighted by Crippen LogP contribution is 2.30. The van der Waals surface area contributed by atoms with Crippen molar-refractivity contribution in [3.05, 3.63) is 54.2 Å². The van der Waals surface area contributed by atoms with Crippen LogP contribution in [0.4, 0.5) is 11.4 Å². The zero-order valence-electron chi connectivity index (χ0n) is 11.6. The van der Waals surface area contributed by atoms with E-state index >= 15 is 0 Å². The van der Waals surface area contributed by atoms with Gasteiger partial charge < -0.3 is 15.1 Å². The quantitative estimate of drug-likeness (QED) is 0.739. The first-order valence-electron chi connectivity index (χ1n) is 6.54. The monoisotopic (exact) mass is 267 g/mol. The van der Waals surface area contributed by atoms with Crippen molar-refractivity contribution < 1.29 is 4.42 Å². The number of aromatic nitrogens is 1. The maximum absolute atomic E-state index is 6.00. The highest BCUT2D eigenvalue weighted by Gasteiger charge is 2.10. The fraction of sp³-hybridized carbons (Fsp3) is 0.188. The topological polar surface area (TPSA) is 55.3 Å². The van der Waals surface area contributed by atoms with Crippen LogP contribution in [-0.2, 0) is 6.54 Å². The number of nitrogen functional groups attached to an aromatic ring is 1. The molecule has 0 saturated heterocycles. The van der Waals surface area contributed by atoms with Crippen LogP contribution in [-0.4, -0.2) is 12.0 Å². The second-order valence-electron chi connectivity index (χ2n) is 4.96. The molecule has 4 heteroatoms. The van der Waals surface area contributed by atoms with Gasteiger partial charge in [-0.1, -0.05) is 0 Å². The van der Waals surface area contributed by atoms with E-state index in [1.54, 1.807) is 12.4 Å². The number of anilines is 2. The predicted molar refractivity (Wildman–Crippen MR) is 81.7 cm³/mol. The Bertz CT molecular complexity index is 748. The number of hydrogen-bond acceptors (Lipinski definition) is 4. The van der Waals surface area contributed by atoms with Crippen molar-refractivity contribution in [1.29, 1.82) is 0 Å². The lowest BCUT2D eigenvalue weighted by Gasteiger charge is -2.20. The molecule has 102 valence electrons. The predicted octanol–water partition coefficient (Wildman–Crippen LogP) is 3.35. The fourth-order valence-corrected chi connectivity index (χ4v) is 2.42. The van der Waals surface area contributed by atoms with Crippen molar-refractivity contribution in [1.82, 2.24) is 4.98 Å². The molecule has 4 nitrogen and oxygen atoms in total. The number of nitrogens with zero attached hydrogens (tertiary/aromatic N) is 2. The van der Waals surface area contributed by atoms with Crippen molar-refractivity contribution in [2.45, 2.75) is 13.5 Å². The number of benzene rings is 1. The number of fused-ring (bicyclic) bond motifs is 1. The van der Waals surface area contributed by atoms with Gasteiger partial charge in [0.1, 0.15) is 11.5 Å². The third-order valence-electron chi connectivity index (χ3n) is 3.43. The fourth-order valence-electron chi connectivity index (χ4n) is 2.42. The Morgan fingerprint density at radius 1 is 1.15 bits per heavy atom. The van der Waals surface area contributed by atoms with Crippen molar-refractivity contribution in [3.63, 3.8) is 0 Å². The second-order valence-corrected chi connectivity index (χ2v) is 4.96.